The van der Waals surface area contributed by atoms with Crippen LogP contribution in [0.3, 0.4) is 0 Å². The summed E-state index contributed by atoms with van der Waals surface area (Å²) in [5, 5.41) is 0. The maximum absolute atomic E-state index is 4.50. The van der Waals surface area contributed by atoms with E-state index in [-0.39, 0.29) is 5.41 Å². The topological polar surface area (TPSA) is 26.0 Å². The molecule has 0 saturated heterocycles. The number of benzene rings is 1. The molecule has 0 bridgehead atoms. The molecule has 0 heterocycles. The highest BCUT2D eigenvalue weighted by atomic mass is 32.2. The van der Waals surface area contributed by atoms with Crippen molar-refractivity contribution in [2.45, 2.75) is 31.1 Å². The van der Waals surface area contributed by atoms with Gasteiger partial charge < -0.3 is 5.73 Å². The molecule has 1 rings (SSSR count). The molecule has 14 heavy (non-hydrogen) atoms. The van der Waals surface area contributed by atoms with Crippen LogP contribution in [0.25, 0.3) is 0 Å². The number of hydrogen-bond acceptors (Lipinski definition) is 2. The fraction of sp³-hybridized carbons (Fsp3) is 0.500. The third-order valence-electron chi connectivity index (χ3n) is 1.94. The van der Waals surface area contributed by atoms with Gasteiger partial charge in [-0.15, -0.1) is 11.8 Å². The van der Waals surface area contributed by atoms with Crippen molar-refractivity contribution in [2.24, 2.45) is 5.73 Å². The first-order valence-corrected chi connectivity index (χ1v) is 5.99. The number of hydrogen-bond donors (Lipinski definition) is 1. The Morgan fingerprint density at radius 3 is 2.14 bits per heavy atom. The fourth-order valence-electron chi connectivity index (χ4n) is 1.09. The quantitative estimate of drug-likeness (QED) is 0.721. The average Bonchev–Trinajstić information content (AvgIpc) is 2.20. The molecule has 2 N–H and O–H groups in total. The SMILES string of the molecule is CN.CSc1cccc(C(C)(C)C)c1. The first-order valence-electron chi connectivity index (χ1n) is 4.76. The Morgan fingerprint density at radius 2 is 1.71 bits per heavy atom. The highest BCUT2D eigenvalue weighted by Crippen LogP contribution is 2.25. The van der Waals surface area contributed by atoms with Crippen LogP contribution in [0.4, 0.5) is 0 Å². The van der Waals surface area contributed by atoms with E-state index in [0.717, 1.165) is 0 Å². The third-order valence-corrected chi connectivity index (χ3v) is 2.66. The molecular formula is C12H21NS. The van der Waals surface area contributed by atoms with Crippen LogP contribution in [0.5, 0.6) is 0 Å². The van der Waals surface area contributed by atoms with E-state index in [2.05, 4.69) is 57.0 Å². The molecule has 0 spiro atoms. The predicted molar refractivity (Wildman–Crippen MR) is 67.0 cm³/mol. The maximum Gasteiger partial charge on any atom is 0.00720 e. The lowest BCUT2D eigenvalue weighted by Gasteiger charge is -2.19. The molecule has 0 atom stereocenters. The van der Waals surface area contributed by atoms with Gasteiger partial charge in [0.15, 0.2) is 0 Å². The summed E-state index contributed by atoms with van der Waals surface area (Å²) in [6.45, 7) is 6.73. The average molecular weight is 211 g/mol. The van der Waals surface area contributed by atoms with Gasteiger partial charge in [0, 0.05) is 4.90 Å². The molecule has 1 nitrogen and oxygen atoms in total. The molecule has 0 aromatic heterocycles. The summed E-state index contributed by atoms with van der Waals surface area (Å²) in [5.41, 5.74) is 6.18. The van der Waals surface area contributed by atoms with Gasteiger partial charge in [-0.25, -0.2) is 0 Å². The molecule has 0 fully saturated rings. The number of nitrogens with two attached hydrogens (primary N) is 1. The second kappa shape index (κ2) is 6.10. The molecule has 0 amide bonds. The maximum atomic E-state index is 4.50. The van der Waals surface area contributed by atoms with Gasteiger partial charge in [-0.1, -0.05) is 32.9 Å². The van der Waals surface area contributed by atoms with Gasteiger partial charge in [-0.3, -0.25) is 0 Å². The van der Waals surface area contributed by atoms with Crippen molar-refractivity contribution in [3.63, 3.8) is 0 Å². The standard InChI is InChI=1S/C11H16S.CH5N/c1-11(2,3)9-6-5-7-10(8-9)12-4;1-2/h5-8H,1-4H3;2H2,1H3. The Bertz CT molecular complexity index is 263. The van der Waals surface area contributed by atoms with E-state index in [9.17, 15) is 0 Å². The molecule has 1 aromatic carbocycles. The second-order valence-corrected chi connectivity index (χ2v) is 4.86. The zero-order chi connectivity index (χ0) is 11.2. The number of rotatable bonds is 1. The van der Waals surface area contributed by atoms with Gasteiger partial charge in [0.1, 0.15) is 0 Å². The fourth-order valence-corrected chi connectivity index (χ4v) is 1.55. The normalized spacial score (nSPS) is 10.4. The van der Waals surface area contributed by atoms with Gasteiger partial charge in [-0.05, 0) is 36.4 Å². The molecule has 0 aliphatic carbocycles. The summed E-state index contributed by atoms with van der Waals surface area (Å²) >= 11 is 1.80. The largest absolute Gasteiger partial charge is 0.333 e. The molecule has 1 aromatic rings. The Hall–Kier alpha value is -0.470. The molecular weight excluding hydrogens is 190 g/mol. The lowest BCUT2D eigenvalue weighted by atomic mass is 9.87. The smallest absolute Gasteiger partial charge is 0.00720 e. The lowest BCUT2D eigenvalue weighted by Crippen LogP contribution is -2.10. The zero-order valence-corrected chi connectivity index (χ0v) is 10.6. The minimum absolute atomic E-state index is 0.270. The van der Waals surface area contributed by atoms with Crippen LogP contribution in [0.2, 0.25) is 0 Å². The first-order chi connectivity index (χ1) is 6.54. The summed E-state index contributed by atoms with van der Waals surface area (Å²) in [7, 11) is 1.50. The number of thioether (sulfide) groups is 1. The van der Waals surface area contributed by atoms with E-state index in [4.69, 9.17) is 0 Å². The van der Waals surface area contributed by atoms with Crippen molar-refractivity contribution < 1.29 is 0 Å². The monoisotopic (exact) mass is 211 g/mol. The van der Waals surface area contributed by atoms with Gasteiger partial charge in [0.05, 0.1) is 0 Å². The molecule has 80 valence electrons. The van der Waals surface area contributed by atoms with Crippen molar-refractivity contribution in [2.75, 3.05) is 13.3 Å². The second-order valence-electron chi connectivity index (χ2n) is 3.98. The summed E-state index contributed by atoms with van der Waals surface area (Å²) in [4.78, 5) is 1.35. The summed E-state index contributed by atoms with van der Waals surface area (Å²) < 4.78 is 0. The highest BCUT2D eigenvalue weighted by Gasteiger charge is 2.12. The van der Waals surface area contributed by atoms with E-state index >= 15 is 0 Å². The Morgan fingerprint density at radius 1 is 1.14 bits per heavy atom. The molecule has 0 aliphatic heterocycles. The van der Waals surface area contributed by atoms with Crippen molar-refractivity contribution in [1.29, 1.82) is 0 Å². The van der Waals surface area contributed by atoms with E-state index in [1.165, 1.54) is 17.5 Å². The Kier molecular flexibility index (Phi) is 5.89. The van der Waals surface area contributed by atoms with E-state index in [0.29, 0.717) is 0 Å². The predicted octanol–water partition coefficient (Wildman–Crippen LogP) is 3.28. The van der Waals surface area contributed by atoms with Gasteiger partial charge in [0.25, 0.3) is 0 Å². The minimum atomic E-state index is 0.270. The van der Waals surface area contributed by atoms with Crippen molar-refractivity contribution in [3.05, 3.63) is 29.8 Å². The van der Waals surface area contributed by atoms with Gasteiger partial charge in [0.2, 0.25) is 0 Å². The minimum Gasteiger partial charge on any atom is -0.333 e. The van der Waals surface area contributed by atoms with Gasteiger partial charge in [-0.2, -0.15) is 0 Å². The van der Waals surface area contributed by atoms with Crippen LogP contribution in [-0.2, 0) is 5.41 Å². The highest BCUT2D eigenvalue weighted by molar-refractivity contribution is 7.98. The Balaban J connectivity index is 0.000000791. The van der Waals surface area contributed by atoms with Crippen LogP contribution in [0.15, 0.2) is 29.2 Å². The summed E-state index contributed by atoms with van der Waals surface area (Å²) in [6.07, 6.45) is 2.11. The summed E-state index contributed by atoms with van der Waals surface area (Å²) in [6, 6.07) is 8.75. The van der Waals surface area contributed by atoms with Crippen LogP contribution in [-0.4, -0.2) is 13.3 Å². The van der Waals surface area contributed by atoms with Crippen LogP contribution in [0, 0.1) is 0 Å². The van der Waals surface area contributed by atoms with Crippen molar-refractivity contribution in [3.8, 4) is 0 Å². The molecule has 0 radical (unpaired) electrons. The van der Waals surface area contributed by atoms with Crippen LogP contribution in [0.1, 0.15) is 26.3 Å². The molecule has 0 aliphatic rings. The van der Waals surface area contributed by atoms with E-state index < -0.39 is 0 Å². The van der Waals surface area contributed by atoms with E-state index in [1.54, 1.807) is 11.8 Å². The molecule has 0 saturated carbocycles. The van der Waals surface area contributed by atoms with Crippen LogP contribution >= 0.6 is 11.8 Å². The third kappa shape index (κ3) is 4.16. The Labute approximate surface area is 92.1 Å². The van der Waals surface area contributed by atoms with Crippen LogP contribution < -0.4 is 5.73 Å². The van der Waals surface area contributed by atoms with Crippen molar-refractivity contribution in [1.82, 2.24) is 0 Å². The zero-order valence-electron chi connectivity index (χ0n) is 9.79. The van der Waals surface area contributed by atoms with Crippen molar-refractivity contribution >= 4 is 11.8 Å². The molecule has 2 heteroatoms. The molecule has 0 unspecified atom stereocenters. The summed E-state index contributed by atoms with van der Waals surface area (Å²) in [5.74, 6) is 0. The van der Waals surface area contributed by atoms with E-state index in [1.807, 2.05) is 0 Å². The lowest BCUT2D eigenvalue weighted by molar-refractivity contribution is 0.588. The first kappa shape index (κ1) is 13.5. The van der Waals surface area contributed by atoms with Gasteiger partial charge >= 0.3 is 0 Å².